The van der Waals surface area contributed by atoms with Gasteiger partial charge in [-0.05, 0) is 55.0 Å². The summed E-state index contributed by atoms with van der Waals surface area (Å²) in [6.45, 7) is 3.87. The number of hydrogen-bond acceptors (Lipinski definition) is 6. The summed E-state index contributed by atoms with van der Waals surface area (Å²) in [6, 6.07) is 15.1. The van der Waals surface area contributed by atoms with Crippen molar-refractivity contribution in [1.82, 2.24) is 20.3 Å². The van der Waals surface area contributed by atoms with Crippen LogP contribution >= 0.6 is 11.6 Å². The smallest absolute Gasteiger partial charge is 0.217 e. The minimum absolute atomic E-state index is 0.0661. The number of aryl methyl sites for hydroxylation is 1. The molecule has 4 aromatic rings. The van der Waals surface area contributed by atoms with Crippen LogP contribution in [0.4, 0.5) is 11.5 Å². The van der Waals surface area contributed by atoms with E-state index in [-0.39, 0.29) is 5.91 Å². The van der Waals surface area contributed by atoms with Crippen LogP contribution in [0.2, 0.25) is 5.02 Å². The quantitative estimate of drug-likeness (QED) is 0.370. The van der Waals surface area contributed by atoms with E-state index in [1.54, 1.807) is 18.3 Å². The summed E-state index contributed by atoms with van der Waals surface area (Å²) in [5.41, 5.74) is 3.46. The number of pyridine rings is 1. The van der Waals surface area contributed by atoms with E-state index in [1.165, 1.54) is 13.3 Å². The largest absolute Gasteiger partial charge is 0.454 e. The standard InChI is InChI=1S/C25H22ClN5O2/c1-16-5-8-20(14-28-16)33-24-10-7-19(13-22(24)26)31-25-21-12-18(4-3-11-27-17(2)32)6-9-23(21)29-15-30-25/h3-10,12-15H,11H2,1-2H3,(H,27,32)(H,29,30,31). The lowest BCUT2D eigenvalue weighted by molar-refractivity contribution is -0.118. The summed E-state index contributed by atoms with van der Waals surface area (Å²) in [7, 11) is 0. The normalized spacial score (nSPS) is 11.0. The Hall–Kier alpha value is -3.97. The number of halogens is 1. The number of anilines is 2. The van der Waals surface area contributed by atoms with Crippen LogP contribution in [-0.2, 0) is 4.79 Å². The zero-order valence-corrected chi connectivity index (χ0v) is 18.9. The predicted molar refractivity (Wildman–Crippen MR) is 131 cm³/mol. The van der Waals surface area contributed by atoms with Crippen molar-refractivity contribution in [2.75, 3.05) is 11.9 Å². The molecule has 8 heteroatoms. The minimum atomic E-state index is -0.0661. The molecule has 0 saturated carbocycles. The summed E-state index contributed by atoms with van der Waals surface area (Å²) in [5.74, 6) is 1.74. The lowest BCUT2D eigenvalue weighted by atomic mass is 10.1. The molecule has 0 unspecified atom stereocenters. The number of nitrogens with one attached hydrogen (secondary N) is 2. The fraction of sp³-hybridized carbons (Fsp3) is 0.120. The van der Waals surface area contributed by atoms with Gasteiger partial charge in [-0.25, -0.2) is 9.97 Å². The van der Waals surface area contributed by atoms with Crippen LogP contribution in [0.5, 0.6) is 11.5 Å². The number of amides is 1. The molecule has 166 valence electrons. The zero-order chi connectivity index (χ0) is 23.2. The van der Waals surface area contributed by atoms with E-state index in [4.69, 9.17) is 16.3 Å². The van der Waals surface area contributed by atoms with Crippen molar-refractivity contribution in [3.63, 3.8) is 0 Å². The van der Waals surface area contributed by atoms with Crippen molar-refractivity contribution in [2.45, 2.75) is 13.8 Å². The van der Waals surface area contributed by atoms with Gasteiger partial charge in [0.15, 0.2) is 0 Å². The molecule has 0 radical (unpaired) electrons. The fourth-order valence-corrected chi connectivity index (χ4v) is 3.33. The number of fused-ring (bicyclic) bond motifs is 1. The molecule has 0 aliphatic carbocycles. The van der Waals surface area contributed by atoms with Crippen LogP contribution in [0.15, 0.2) is 67.1 Å². The minimum Gasteiger partial charge on any atom is -0.454 e. The van der Waals surface area contributed by atoms with E-state index in [1.807, 2.05) is 55.5 Å². The Bertz CT molecular complexity index is 1320. The first kappa shape index (κ1) is 22.2. The molecule has 33 heavy (non-hydrogen) atoms. The SMILES string of the molecule is CC(=O)NCC=Cc1ccc2ncnc(Nc3ccc(Oc4ccc(C)nc4)c(Cl)c3)c2c1. The van der Waals surface area contributed by atoms with Crippen molar-refractivity contribution in [2.24, 2.45) is 0 Å². The van der Waals surface area contributed by atoms with E-state index in [0.717, 1.165) is 27.8 Å². The molecule has 0 atom stereocenters. The second kappa shape index (κ2) is 10.1. The van der Waals surface area contributed by atoms with Gasteiger partial charge in [-0.15, -0.1) is 0 Å². The van der Waals surface area contributed by atoms with Gasteiger partial charge in [-0.1, -0.05) is 29.8 Å². The van der Waals surface area contributed by atoms with Gasteiger partial charge in [-0.3, -0.25) is 9.78 Å². The first-order valence-electron chi connectivity index (χ1n) is 10.3. The fourth-order valence-electron chi connectivity index (χ4n) is 3.11. The van der Waals surface area contributed by atoms with E-state index in [0.29, 0.717) is 28.9 Å². The third-order valence-corrected chi connectivity index (χ3v) is 5.04. The van der Waals surface area contributed by atoms with Crippen molar-refractivity contribution in [1.29, 1.82) is 0 Å². The Kier molecular flexibility index (Phi) is 6.80. The monoisotopic (exact) mass is 459 g/mol. The molecular formula is C25H22ClN5O2. The number of carbonyl (C=O) groups is 1. The summed E-state index contributed by atoms with van der Waals surface area (Å²) in [4.78, 5) is 24.0. The van der Waals surface area contributed by atoms with Crippen molar-refractivity contribution in [3.8, 4) is 11.5 Å². The molecule has 2 heterocycles. The number of aromatic nitrogens is 3. The Morgan fingerprint density at radius 2 is 1.97 bits per heavy atom. The Labute approximate surface area is 196 Å². The molecule has 2 aromatic carbocycles. The molecule has 0 fully saturated rings. The van der Waals surface area contributed by atoms with Crippen LogP contribution in [0.1, 0.15) is 18.2 Å². The first-order chi connectivity index (χ1) is 16.0. The topological polar surface area (TPSA) is 89.0 Å². The van der Waals surface area contributed by atoms with Gasteiger partial charge in [0, 0.05) is 30.2 Å². The molecule has 0 bridgehead atoms. The van der Waals surface area contributed by atoms with E-state index >= 15 is 0 Å². The van der Waals surface area contributed by atoms with Crippen molar-refractivity contribution < 1.29 is 9.53 Å². The summed E-state index contributed by atoms with van der Waals surface area (Å²) >= 11 is 6.46. The average molecular weight is 460 g/mol. The molecule has 7 nitrogen and oxygen atoms in total. The number of ether oxygens (including phenoxy) is 1. The second-order valence-electron chi connectivity index (χ2n) is 7.35. The molecule has 0 aliphatic rings. The molecule has 2 N–H and O–H groups in total. The zero-order valence-electron chi connectivity index (χ0n) is 18.2. The van der Waals surface area contributed by atoms with Crippen LogP contribution in [0.3, 0.4) is 0 Å². The number of hydrogen-bond donors (Lipinski definition) is 2. The predicted octanol–water partition coefficient (Wildman–Crippen LogP) is 5.67. The van der Waals surface area contributed by atoms with E-state index in [9.17, 15) is 4.79 Å². The van der Waals surface area contributed by atoms with Gasteiger partial charge >= 0.3 is 0 Å². The molecule has 0 saturated heterocycles. The highest BCUT2D eigenvalue weighted by Crippen LogP contribution is 2.33. The van der Waals surface area contributed by atoms with Gasteiger partial charge < -0.3 is 15.4 Å². The van der Waals surface area contributed by atoms with Crippen LogP contribution < -0.4 is 15.4 Å². The maximum atomic E-state index is 11.0. The van der Waals surface area contributed by atoms with Gasteiger partial charge in [0.2, 0.25) is 5.91 Å². The summed E-state index contributed by atoms with van der Waals surface area (Å²) in [6.07, 6.45) is 7.00. The van der Waals surface area contributed by atoms with Crippen molar-refractivity contribution in [3.05, 3.63) is 83.4 Å². The van der Waals surface area contributed by atoms with Crippen LogP contribution in [-0.4, -0.2) is 27.4 Å². The van der Waals surface area contributed by atoms with Crippen LogP contribution in [0, 0.1) is 6.92 Å². The van der Waals surface area contributed by atoms with Crippen molar-refractivity contribution >= 4 is 46.0 Å². The highest BCUT2D eigenvalue weighted by molar-refractivity contribution is 6.32. The third kappa shape index (κ3) is 5.84. The molecule has 2 aromatic heterocycles. The lowest BCUT2D eigenvalue weighted by Gasteiger charge is -2.12. The van der Waals surface area contributed by atoms with Crippen LogP contribution in [0.25, 0.3) is 17.0 Å². The molecule has 0 aliphatic heterocycles. The van der Waals surface area contributed by atoms with Gasteiger partial charge in [0.05, 0.1) is 16.7 Å². The highest BCUT2D eigenvalue weighted by Gasteiger charge is 2.09. The third-order valence-electron chi connectivity index (χ3n) is 4.75. The Balaban J connectivity index is 1.54. The lowest BCUT2D eigenvalue weighted by Crippen LogP contribution is -2.19. The molecule has 1 amide bonds. The highest BCUT2D eigenvalue weighted by atomic mass is 35.5. The number of rotatable bonds is 7. The number of benzene rings is 2. The molecular weight excluding hydrogens is 438 g/mol. The van der Waals surface area contributed by atoms with E-state index in [2.05, 4.69) is 25.6 Å². The number of carbonyl (C=O) groups excluding carboxylic acids is 1. The maximum Gasteiger partial charge on any atom is 0.217 e. The first-order valence-corrected chi connectivity index (χ1v) is 10.7. The molecule has 4 rings (SSSR count). The average Bonchev–Trinajstić information content (AvgIpc) is 2.80. The maximum absolute atomic E-state index is 11.0. The second-order valence-corrected chi connectivity index (χ2v) is 7.75. The molecule has 0 spiro atoms. The van der Waals surface area contributed by atoms with Gasteiger partial charge in [0.25, 0.3) is 0 Å². The van der Waals surface area contributed by atoms with Gasteiger partial charge in [-0.2, -0.15) is 0 Å². The number of nitrogens with zero attached hydrogens (tertiary/aromatic N) is 3. The van der Waals surface area contributed by atoms with Gasteiger partial charge in [0.1, 0.15) is 23.6 Å². The summed E-state index contributed by atoms with van der Waals surface area (Å²) < 4.78 is 5.84. The Morgan fingerprint density at radius 1 is 1.09 bits per heavy atom. The summed E-state index contributed by atoms with van der Waals surface area (Å²) in [5, 5.41) is 7.37. The van der Waals surface area contributed by atoms with E-state index < -0.39 is 0 Å². The Morgan fingerprint density at radius 3 is 2.73 bits per heavy atom.